The Morgan fingerprint density at radius 3 is 2.71 bits per heavy atom. The van der Waals surface area contributed by atoms with Crippen molar-refractivity contribution in [1.82, 2.24) is 0 Å². The highest BCUT2D eigenvalue weighted by Crippen LogP contribution is 2.41. The van der Waals surface area contributed by atoms with Crippen LogP contribution in [0.5, 0.6) is 0 Å². The third-order valence-electron chi connectivity index (χ3n) is 5.65. The Bertz CT molecular complexity index is 315. The number of rotatable bonds is 5. The first-order chi connectivity index (χ1) is 10.2. The summed E-state index contributed by atoms with van der Waals surface area (Å²) in [5.74, 6) is 1.06. The molecule has 0 bridgehead atoms. The van der Waals surface area contributed by atoms with Gasteiger partial charge in [-0.05, 0) is 63.7 Å². The first-order valence-electron chi connectivity index (χ1n) is 8.72. The summed E-state index contributed by atoms with van der Waals surface area (Å²) in [7, 11) is 0. The lowest BCUT2D eigenvalue weighted by Crippen LogP contribution is -2.47. The topological polar surface area (TPSA) is 47.9 Å². The molecule has 4 nitrogen and oxygen atoms in total. The van der Waals surface area contributed by atoms with Crippen molar-refractivity contribution in [3.05, 3.63) is 0 Å². The molecule has 21 heavy (non-hydrogen) atoms. The van der Waals surface area contributed by atoms with E-state index in [0.717, 1.165) is 71.4 Å². The fourth-order valence-corrected chi connectivity index (χ4v) is 4.26. The second kappa shape index (κ2) is 6.95. The van der Waals surface area contributed by atoms with E-state index in [1.807, 2.05) is 0 Å². The van der Waals surface area contributed by atoms with Gasteiger partial charge >= 0.3 is 0 Å². The van der Waals surface area contributed by atoms with Crippen LogP contribution in [-0.2, 0) is 14.2 Å². The summed E-state index contributed by atoms with van der Waals surface area (Å²) < 4.78 is 17.1. The van der Waals surface area contributed by atoms with E-state index in [2.05, 4.69) is 6.92 Å². The molecule has 2 unspecified atom stereocenters. The summed E-state index contributed by atoms with van der Waals surface area (Å²) in [6, 6.07) is 0. The highest BCUT2D eigenvalue weighted by Gasteiger charge is 2.42. The summed E-state index contributed by atoms with van der Waals surface area (Å²) in [6.07, 6.45) is 7.49. The van der Waals surface area contributed by atoms with Gasteiger partial charge in [0.25, 0.3) is 0 Å². The van der Waals surface area contributed by atoms with Gasteiger partial charge in [-0.1, -0.05) is 0 Å². The van der Waals surface area contributed by atoms with Gasteiger partial charge in [0.2, 0.25) is 0 Å². The zero-order valence-electron chi connectivity index (χ0n) is 13.3. The lowest BCUT2D eigenvalue weighted by atomic mass is 9.73. The van der Waals surface area contributed by atoms with Gasteiger partial charge in [0.1, 0.15) is 0 Å². The normalized spacial score (nSPS) is 37.1. The smallest absolute Gasteiger partial charge is 0.0730 e. The van der Waals surface area contributed by atoms with E-state index in [1.54, 1.807) is 0 Å². The van der Waals surface area contributed by atoms with Gasteiger partial charge in [-0.3, -0.25) is 0 Å². The van der Waals surface area contributed by atoms with E-state index in [0.29, 0.717) is 17.9 Å². The molecular weight excluding hydrogens is 268 g/mol. The molecule has 1 saturated carbocycles. The molecular formula is C17H30O4. The molecule has 2 saturated heterocycles. The van der Waals surface area contributed by atoms with E-state index in [9.17, 15) is 5.11 Å². The van der Waals surface area contributed by atoms with Crippen LogP contribution in [0.25, 0.3) is 0 Å². The van der Waals surface area contributed by atoms with Crippen LogP contribution in [0, 0.1) is 11.8 Å². The zero-order chi connectivity index (χ0) is 14.7. The van der Waals surface area contributed by atoms with E-state index in [4.69, 9.17) is 14.2 Å². The monoisotopic (exact) mass is 298 g/mol. The summed E-state index contributed by atoms with van der Waals surface area (Å²) in [4.78, 5) is 0. The standard InChI is InChI=1S/C17H30O4/c1-2-20-15-9-13(10-15)11-16(18)14-3-6-21-17(12-14)4-7-19-8-5-17/h13-16,18H,2-12H2,1H3. The predicted molar refractivity (Wildman–Crippen MR) is 80.2 cm³/mol. The van der Waals surface area contributed by atoms with Gasteiger partial charge < -0.3 is 19.3 Å². The molecule has 2 heterocycles. The highest BCUT2D eigenvalue weighted by atomic mass is 16.5. The first kappa shape index (κ1) is 15.7. The van der Waals surface area contributed by atoms with Crippen molar-refractivity contribution in [1.29, 1.82) is 0 Å². The van der Waals surface area contributed by atoms with Crippen LogP contribution in [0.15, 0.2) is 0 Å². The van der Waals surface area contributed by atoms with Crippen molar-refractivity contribution in [2.75, 3.05) is 26.4 Å². The maximum absolute atomic E-state index is 10.6. The Morgan fingerprint density at radius 1 is 1.24 bits per heavy atom. The maximum Gasteiger partial charge on any atom is 0.0730 e. The molecule has 0 amide bonds. The average Bonchev–Trinajstić information content (AvgIpc) is 2.46. The van der Waals surface area contributed by atoms with E-state index >= 15 is 0 Å². The molecule has 3 fully saturated rings. The third-order valence-corrected chi connectivity index (χ3v) is 5.65. The van der Waals surface area contributed by atoms with Crippen LogP contribution in [0.4, 0.5) is 0 Å². The van der Waals surface area contributed by atoms with Gasteiger partial charge in [-0.2, -0.15) is 0 Å². The van der Waals surface area contributed by atoms with Crippen molar-refractivity contribution in [2.45, 2.75) is 69.7 Å². The number of hydrogen-bond donors (Lipinski definition) is 1. The minimum Gasteiger partial charge on any atom is -0.393 e. The highest BCUT2D eigenvalue weighted by molar-refractivity contribution is 4.92. The minimum absolute atomic E-state index is 0.00435. The molecule has 2 aliphatic heterocycles. The van der Waals surface area contributed by atoms with Crippen molar-refractivity contribution in [3.63, 3.8) is 0 Å². The second-order valence-corrected chi connectivity index (χ2v) is 7.11. The van der Waals surface area contributed by atoms with Gasteiger partial charge in [0, 0.05) is 26.4 Å². The molecule has 0 aromatic carbocycles. The summed E-state index contributed by atoms with van der Waals surface area (Å²) in [6.45, 7) is 5.28. The largest absolute Gasteiger partial charge is 0.393 e. The number of aliphatic hydroxyl groups is 1. The van der Waals surface area contributed by atoms with Crippen molar-refractivity contribution in [2.24, 2.45) is 11.8 Å². The van der Waals surface area contributed by atoms with Crippen LogP contribution in [-0.4, -0.2) is 49.3 Å². The van der Waals surface area contributed by atoms with Crippen molar-refractivity contribution < 1.29 is 19.3 Å². The first-order valence-corrected chi connectivity index (χ1v) is 8.72. The van der Waals surface area contributed by atoms with Gasteiger partial charge in [0.15, 0.2) is 0 Å². The van der Waals surface area contributed by atoms with Crippen LogP contribution in [0.1, 0.15) is 51.9 Å². The number of aliphatic hydroxyl groups excluding tert-OH is 1. The Morgan fingerprint density at radius 2 is 2.00 bits per heavy atom. The second-order valence-electron chi connectivity index (χ2n) is 7.11. The lowest BCUT2D eigenvalue weighted by Gasteiger charge is -2.45. The lowest BCUT2D eigenvalue weighted by molar-refractivity contribution is -0.161. The fourth-order valence-electron chi connectivity index (χ4n) is 4.26. The molecule has 0 aromatic heterocycles. The summed E-state index contributed by atoms with van der Waals surface area (Å²) in [5, 5.41) is 10.6. The van der Waals surface area contributed by atoms with Crippen LogP contribution in [0.3, 0.4) is 0 Å². The Labute approximate surface area is 128 Å². The van der Waals surface area contributed by atoms with Crippen molar-refractivity contribution >= 4 is 0 Å². The van der Waals surface area contributed by atoms with Crippen molar-refractivity contribution in [3.8, 4) is 0 Å². The molecule has 1 spiro atoms. The molecule has 3 rings (SSSR count). The quantitative estimate of drug-likeness (QED) is 0.847. The van der Waals surface area contributed by atoms with Crippen LogP contribution < -0.4 is 0 Å². The van der Waals surface area contributed by atoms with Gasteiger partial charge in [0.05, 0.1) is 17.8 Å². The maximum atomic E-state index is 10.6. The molecule has 0 radical (unpaired) electrons. The molecule has 1 aliphatic carbocycles. The van der Waals surface area contributed by atoms with E-state index in [-0.39, 0.29) is 11.7 Å². The summed E-state index contributed by atoms with van der Waals surface area (Å²) in [5.41, 5.74) is -0.00435. The molecule has 1 N–H and O–H groups in total. The number of ether oxygens (including phenoxy) is 3. The molecule has 3 aliphatic rings. The Balaban J connectivity index is 1.45. The van der Waals surface area contributed by atoms with E-state index < -0.39 is 0 Å². The van der Waals surface area contributed by atoms with Crippen LogP contribution in [0.2, 0.25) is 0 Å². The molecule has 0 aromatic rings. The third kappa shape index (κ3) is 3.79. The van der Waals surface area contributed by atoms with Gasteiger partial charge in [-0.25, -0.2) is 0 Å². The Hall–Kier alpha value is -0.160. The Kier molecular flexibility index (Phi) is 5.20. The van der Waals surface area contributed by atoms with E-state index in [1.165, 1.54) is 0 Å². The average molecular weight is 298 g/mol. The predicted octanol–water partition coefficient (Wildman–Crippen LogP) is 2.53. The van der Waals surface area contributed by atoms with Crippen LogP contribution >= 0.6 is 0 Å². The molecule has 2 atom stereocenters. The summed E-state index contributed by atoms with van der Waals surface area (Å²) >= 11 is 0. The zero-order valence-corrected chi connectivity index (χ0v) is 13.3. The molecule has 122 valence electrons. The SMILES string of the molecule is CCOC1CC(CC(O)C2CCOC3(CCOCC3)C2)C1. The number of hydrogen-bond acceptors (Lipinski definition) is 4. The minimum atomic E-state index is -0.166. The molecule has 4 heteroatoms. The fraction of sp³-hybridized carbons (Fsp3) is 1.00. The van der Waals surface area contributed by atoms with Gasteiger partial charge in [-0.15, -0.1) is 0 Å².